The third-order valence-electron chi connectivity index (χ3n) is 15.9. The molecule has 0 amide bonds. The number of ether oxygens (including phenoxy) is 11. The number of carbonyl (C=O) groups excluding carboxylic acids is 2. The van der Waals surface area contributed by atoms with Gasteiger partial charge in [0, 0.05) is 50.7 Å². The number of hydrogen-bond donors (Lipinski definition) is 11. The molecule has 76 heavy (non-hydrogen) atoms. The summed E-state index contributed by atoms with van der Waals surface area (Å²) in [6.45, 7) is 12.1. The molecule has 5 heterocycles. The van der Waals surface area contributed by atoms with Crippen LogP contribution >= 0.6 is 0 Å². The number of carbonyl (C=O) groups is 2. The van der Waals surface area contributed by atoms with Gasteiger partial charge in [-0.3, -0.25) is 9.59 Å². The van der Waals surface area contributed by atoms with Crippen molar-refractivity contribution in [3.05, 3.63) is 28.8 Å². The van der Waals surface area contributed by atoms with Gasteiger partial charge >= 0.3 is 0 Å². The molecule has 5 fully saturated rings. The van der Waals surface area contributed by atoms with Gasteiger partial charge in [0.15, 0.2) is 36.7 Å². The van der Waals surface area contributed by atoms with E-state index in [1.807, 2.05) is 0 Å². The van der Waals surface area contributed by atoms with E-state index in [0.29, 0.717) is 0 Å². The highest BCUT2D eigenvalue weighted by molar-refractivity contribution is 6.11. The van der Waals surface area contributed by atoms with E-state index in [1.54, 1.807) is 27.7 Å². The van der Waals surface area contributed by atoms with Crippen LogP contribution in [-0.2, 0) is 58.6 Å². The van der Waals surface area contributed by atoms with Gasteiger partial charge in [0.25, 0.3) is 0 Å². The van der Waals surface area contributed by atoms with Crippen LogP contribution in [0, 0.1) is 12.8 Å². The summed E-state index contributed by atoms with van der Waals surface area (Å²) in [5.41, 5.74) is -1.47. The Labute approximate surface area is 439 Å². The number of phenolic OH excluding ortho intramolecular Hbond substituents is 2. The Morgan fingerprint density at radius 3 is 1.70 bits per heavy atom. The lowest BCUT2D eigenvalue weighted by atomic mass is 9.75. The number of ketones is 2. The fourth-order valence-electron chi connectivity index (χ4n) is 11.3. The first-order valence-electron chi connectivity index (χ1n) is 26.0. The van der Waals surface area contributed by atoms with E-state index in [2.05, 4.69) is 0 Å². The maximum Gasteiger partial charge on any atom is 0.202 e. The minimum absolute atomic E-state index is 0.0365. The molecule has 5 saturated heterocycles. The van der Waals surface area contributed by atoms with E-state index < -0.39 is 176 Å². The van der Waals surface area contributed by atoms with Crippen LogP contribution in [0.5, 0.6) is 17.2 Å². The Bertz CT molecular complexity index is 2350. The Morgan fingerprint density at radius 2 is 1.17 bits per heavy atom. The summed E-state index contributed by atoms with van der Waals surface area (Å²) in [4.78, 5) is 28.9. The van der Waals surface area contributed by atoms with E-state index in [-0.39, 0.29) is 71.7 Å². The molecule has 0 saturated carbocycles. The molecular weight excluding hydrogens is 1010 g/mol. The standard InChI is InChI=1S/C52H76O24/c1-18-29(72-34-14-30(43(58)21(4)68-34)73-33-13-28(54)42(57)20(3)67-33)12-26-10-25-11-27(49(66-9)48(63)41(56)19(2)53)50(47(62)39(25)46(61)38(26)40(18)55)76-36-16-31(44(59)23(6)70-36)74-35-15-32(45(60)22(5)69-35)75-37-17-52(8,65)51(64)24(7)71-37/h10,12,19-24,27-28,30-37,41-45,49-51,53-61,64-65H,11,13-17H2,1-9H3/t19-,20?,21?,22?,23?,24?,27+,28?,30?,31?,32?,33?,34?,35?,36?,37?,41+,42?,43?,44?,45?,49+,50+,51?,52?/m1/s1. The molecule has 24 nitrogen and oxygen atoms in total. The summed E-state index contributed by atoms with van der Waals surface area (Å²) in [6.07, 6.45) is -27.0. The Morgan fingerprint density at radius 1 is 0.684 bits per heavy atom. The molecule has 8 rings (SSSR count). The van der Waals surface area contributed by atoms with Gasteiger partial charge in [0.2, 0.25) is 6.29 Å². The molecule has 20 unspecified atom stereocenters. The van der Waals surface area contributed by atoms with Crippen LogP contribution in [0.3, 0.4) is 0 Å². The lowest BCUT2D eigenvalue weighted by Crippen LogP contribution is -2.58. The molecule has 24 heteroatoms. The maximum absolute atomic E-state index is 15.0. The molecule has 6 aliphatic rings. The topological polar surface area (TPSA) is 358 Å². The van der Waals surface area contributed by atoms with Crippen LogP contribution in [0.2, 0.25) is 0 Å². The van der Waals surface area contributed by atoms with Crippen molar-refractivity contribution in [1.82, 2.24) is 0 Å². The molecule has 1 aliphatic carbocycles. The van der Waals surface area contributed by atoms with Crippen molar-refractivity contribution < 1.29 is 118 Å². The van der Waals surface area contributed by atoms with Gasteiger partial charge in [-0.1, -0.05) is 0 Å². The predicted molar refractivity (Wildman–Crippen MR) is 259 cm³/mol. The summed E-state index contributed by atoms with van der Waals surface area (Å²) in [5, 5.41) is 120. The van der Waals surface area contributed by atoms with Crippen molar-refractivity contribution in [2.45, 2.75) is 241 Å². The van der Waals surface area contributed by atoms with Crippen molar-refractivity contribution in [2.75, 3.05) is 7.11 Å². The minimum atomic E-state index is -1.95. The summed E-state index contributed by atoms with van der Waals surface area (Å²) < 4.78 is 66.5. The Kier molecular flexibility index (Phi) is 18.1. The molecule has 0 aromatic heterocycles. The van der Waals surface area contributed by atoms with E-state index in [9.17, 15) is 61.0 Å². The van der Waals surface area contributed by atoms with Crippen LogP contribution in [0.15, 0.2) is 12.1 Å². The highest BCUT2D eigenvalue weighted by atomic mass is 16.7. The van der Waals surface area contributed by atoms with Crippen LogP contribution < -0.4 is 4.74 Å². The zero-order valence-corrected chi connectivity index (χ0v) is 44.0. The SMILES string of the molecule is CO[C@H](C(=O)[C@@H](O)[C@@H](C)O)[C@@H]1Cc2cc3cc(OC4CC(OC5CC(O)C(O)C(C)O5)C(O)C(C)O4)c(C)c(O)c3c(O)c2C(=O)[C@H]1OC1CC(OC2CC(OC3CC(C)(O)C(O)C(C)O3)C(O)C(C)O2)C(O)C(C)O1. The van der Waals surface area contributed by atoms with Crippen LogP contribution in [0.1, 0.15) is 102 Å². The number of phenols is 2. The smallest absolute Gasteiger partial charge is 0.202 e. The molecular formula is C52H76O24. The van der Waals surface area contributed by atoms with Gasteiger partial charge < -0.3 is 108 Å². The summed E-state index contributed by atoms with van der Waals surface area (Å²) in [5.74, 6) is -4.07. The molecule has 0 spiro atoms. The highest BCUT2D eigenvalue weighted by Gasteiger charge is 2.51. The monoisotopic (exact) mass is 1080 g/mol. The van der Waals surface area contributed by atoms with Gasteiger partial charge in [0.05, 0.1) is 77.6 Å². The second-order valence-electron chi connectivity index (χ2n) is 21.7. The van der Waals surface area contributed by atoms with Crippen molar-refractivity contribution in [3.63, 3.8) is 0 Å². The second kappa shape index (κ2) is 23.4. The molecule has 2 aromatic carbocycles. The number of aliphatic hydroxyl groups excluding tert-OH is 8. The summed E-state index contributed by atoms with van der Waals surface area (Å²) in [7, 11) is 1.18. The lowest BCUT2D eigenvalue weighted by Gasteiger charge is -2.46. The van der Waals surface area contributed by atoms with E-state index in [0.717, 1.165) is 0 Å². The average Bonchev–Trinajstić information content (AvgIpc) is 3.38. The van der Waals surface area contributed by atoms with Crippen molar-refractivity contribution in [3.8, 4) is 17.2 Å². The lowest BCUT2D eigenvalue weighted by molar-refractivity contribution is -0.334. The Balaban J connectivity index is 1.04. The number of aromatic hydroxyl groups is 2. The number of Topliss-reactive ketones (excluding diaryl/α,β-unsaturated/α-hetero) is 2. The summed E-state index contributed by atoms with van der Waals surface area (Å²) >= 11 is 0. The Hall–Kier alpha value is -3.32. The first-order chi connectivity index (χ1) is 35.7. The van der Waals surface area contributed by atoms with Gasteiger partial charge in [-0.15, -0.1) is 0 Å². The van der Waals surface area contributed by atoms with Gasteiger partial charge in [-0.2, -0.15) is 0 Å². The average molecular weight is 1090 g/mol. The van der Waals surface area contributed by atoms with Crippen LogP contribution in [0.4, 0.5) is 0 Å². The quantitative estimate of drug-likeness (QED) is 0.110. The second-order valence-corrected chi connectivity index (χ2v) is 21.7. The molecule has 11 N–H and O–H groups in total. The molecule has 5 aliphatic heterocycles. The molecule has 2 aromatic rings. The fourth-order valence-corrected chi connectivity index (χ4v) is 11.3. The third-order valence-corrected chi connectivity index (χ3v) is 15.9. The first kappa shape index (κ1) is 58.8. The number of fused-ring (bicyclic) bond motifs is 2. The van der Waals surface area contributed by atoms with Gasteiger partial charge in [-0.05, 0) is 84.9 Å². The zero-order valence-electron chi connectivity index (χ0n) is 44.0. The van der Waals surface area contributed by atoms with Gasteiger partial charge in [-0.25, -0.2) is 0 Å². The first-order valence-corrected chi connectivity index (χ1v) is 26.0. The minimum Gasteiger partial charge on any atom is -0.507 e. The zero-order chi connectivity index (χ0) is 55.6. The molecule has 0 bridgehead atoms. The number of rotatable bonds is 15. The van der Waals surface area contributed by atoms with Crippen LogP contribution in [0.25, 0.3) is 10.8 Å². The summed E-state index contributed by atoms with van der Waals surface area (Å²) in [6, 6.07) is 3.03. The molecule has 0 radical (unpaired) electrons. The predicted octanol–water partition coefficient (Wildman–Crippen LogP) is -0.249. The van der Waals surface area contributed by atoms with Crippen molar-refractivity contribution in [1.29, 1.82) is 0 Å². The van der Waals surface area contributed by atoms with Crippen LogP contribution in [-0.4, -0.2) is 222 Å². The largest absolute Gasteiger partial charge is 0.507 e. The molecule has 428 valence electrons. The van der Waals surface area contributed by atoms with Gasteiger partial charge in [0.1, 0.15) is 66.1 Å². The number of hydrogen-bond acceptors (Lipinski definition) is 24. The van der Waals surface area contributed by atoms with Crippen molar-refractivity contribution in [2.24, 2.45) is 5.92 Å². The highest BCUT2D eigenvalue weighted by Crippen LogP contribution is 2.47. The number of methoxy groups -OCH3 is 1. The van der Waals surface area contributed by atoms with E-state index >= 15 is 4.79 Å². The molecule has 25 atom stereocenters. The fraction of sp³-hybridized carbons (Fsp3) is 0.769. The number of aliphatic hydroxyl groups is 9. The van der Waals surface area contributed by atoms with E-state index in [1.165, 1.54) is 46.9 Å². The van der Waals surface area contributed by atoms with E-state index in [4.69, 9.17) is 52.1 Å². The normalized spacial score (nSPS) is 42.5. The third kappa shape index (κ3) is 11.9. The number of benzene rings is 2. The van der Waals surface area contributed by atoms with Crippen molar-refractivity contribution >= 4 is 22.3 Å². The maximum atomic E-state index is 15.0.